The lowest BCUT2D eigenvalue weighted by atomic mass is 9.92. The zero-order valence-electron chi connectivity index (χ0n) is 12.5. The van der Waals surface area contributed by atoms with Crippen LogP contribution in [0.4, 0.5) is 0 Å². The number of hydrogen-bond acceptors (Lipinski definition) is 2. The van der Waals surface area contributed by atoms with Crippen LogP contribution < -0.4 is 0 Å². The first-order chi connectivity index (χ1) is 9.32. The average Bonchev–Trinajstić information content (AvgIpc) is 2.65. The number of alkyl halides is 1. The average molecular weight is 314 g/mol. The highest BCUT2D eigenvalue weighted by Gasteiger charge is 2.22. The maximum atomic E-state index is 6.12. The fourth-order valence-corrected chi connectivity index (χ4v) is 3.13. The van der Waals surface area contributed by atoms with E-state index in [0.717, 1.165) is 35.0 Å². The van der Waals surface area contributed by atoms with Crippen LogP contribution in [0.1, 0.15) is 19.7 Å². The zero-order valence-corrected chi connectivity index (χ0v) is 14.0. The molecular weight excluding hydrogens is 293 g/mol. The van der Waals surface area contributed by atoms with Gasteiger partial charge in [-0.05, 0) is 37.7 Å². The van der Waals surface area contributed by atoms with Gasteiger partial charge in [0.25, 0.3) is 0 Å². The molecule has 0 aliphatic carbocycles. The second-order valence-electron chi connectivity index (χ2n) is 6.28. The second kappa shape index (κ2) is 5.92. The van der Waals surface area contributed by atoms with Crippen LogP contribution >= 0.6 is 23.2 Å². The molecule has 0 aliphatic rings. The molecule has 0 atom stereocenters. The van der Waals surface area contributed by atoms with E-state index < -0.39 is 0 Å². The van der Waals surface area contributed by atoms with Gasteiger partial charge in [0, 0.05) is 18.1 Å². The Bertz CT molecular complexity index is 602. The van der Waals surface area contributed by atoms with Gasteiger partial charge < -0.3 is 9.47 Å². The van der Waals surface area contributed by atoms with E-state index in [1.165, 1.54) is 0 Å². The van der Waals surface area contributed by atoms with Gasteiger partial charge in [-0.15, -0.1) is 11.6 Å². The monoisotopic (exact) mass is 313 g/mol. The molecule has 1 aromatic carbocycles. The van der Waals surface area contributed by atoms with Gasteiger partial charge in [-0.3, -0.25) is 0 Å². The van der Waals surface area contributed by atoms with E-state index >= 15 is 0 Å². The van der Waals surface area contributed by atoms with E-state index in [0.29, 0.717) is 5.88 Å². The van der Waals surface area contributed by atoms with Crippen LogP contribution in [0, 0.1) is 5.41 Å². The number of rotatable bonds is 5. The zero-order chi connectivity index (χ0) is 14.9. The molecule has 5 heteroatoms. The van der Waals surface area contributed by atoms with Gasteiger partial charge >= 0.3 is 0 Å². The van der Waals surface area contributed by atoms with E-state index in [4.69, 9.17) is 23.2 Å². The Morgan fingerprint density at radius 3 is 2.60 bits per heavy atom. The fraction of sp³-hybridized carbons (Fsp3) is 0.533. The molecule has 0 saturated heterocycles. The van der Waals surface area contributed by atoms with Gasteiger partial charge in [-0.25, -0.2) is 4.98 Å². The van der Waals surface area contributed by atoms with E-state index in [2.05, 4.69) is 42.4 Å². The number of benzene rings is 1. The van der Waals surface area contributed by atoms with Crippen molar-refractivity contribution >= 4 is 34.2 Å². The highest BCUT2D eigenvalue weighted by Crippen LogP contribution is 2.26. The van der Waals surface area contributed by atoms with Crippen molar-refractivity contribution in [3.05, 3.63) is 29.0 Å². The van der Waals surface area contributed by atoms with E-state index in [1.54, 1.807) is 0 Å². The third-order valence-corrected chi connectivity index (χ3v) is 3.71. The molecule has 3 nitrogen and oxygen atoms in total. The minimum Gasteiger partial charge on any atom is -0.326 e. The maximum absolute atomic E-state index is 6.12. The lowest BCUT2D eigenvalue weighted by Crippen LogP contribution is -2.32. The van der Waals surface area contributed by atoms with Crippen molar-refractivity contribution in [2.24, 2.45) is 5.41 Å². The first-order valence-electron chi connectivity index (χ1n) is 6.68. The highest BCUT2D eigenvalue weighted by atomic mass is 35.5. The summed E-state index contributed by atoms with van der Waals surface area (Å²) in [6.07, 6.45) is 0. The Hall–Kier alpha value is -0.770. The van der Waals surface area contributed by atoms with Crippen molar-refractivity contribution in [1.29, 1.82) is 0 Å². The molecule has 20 heavy (non-hydrogen) atoms. The minimum absolute atomic E-state index is 0.125. The van der Waals surface area contributed by atoms with Crippen molar-refractivity contribution < 1.29 is 0 Å². The summed E-state index contributed by atoms with van der Waals surface area (Å²) in [5, 5.41) is 0.727. The normalized spacial score (nSPS) is 12.6. The summed E-state index contributed by atoms with van der Waals surface area (Å²) in [5.41, 5.74) is 2.13. The predicted octanol–water partition coefficient (Wildman–Crippen LogP) is 4.02. The summed E-state index contributed by atoms with van der Waals surface area (Å²) < 4.78 is 2.19. The van der Waals surface area contributed by atoms with Crippen molar-refractivity contribution in [1.82, 2.24) is 14.5 Å². The molecule has 2 aromatic rings. The Morgan fingerprint density at radius 1 is 1.30 bits per heavy atom. The number of imidazole rings is 1. The first kappa shape index (κ1) is 15.6. The SMILES string of the molecule is CN(C)CC(C)(C)Cn1c(CCl)nc2ccc(Cl)cc21. The summed E-state index contributed by atoms with van der Waals surface area (Å²) >= 11 is 12.2. The third kappa shape index (κ3) is 3.46. The number of fused-ring (bicyclic) bond motifs is 1. The smallest absolute Gasteiger partial charge is 0.124 e. The lowest BCUT2D eigenvalue weighted by molar-refractivity contribution is 0.212. The van der Waals surface area contributed by atoms with Crippen LogP contribution in [-0.4, -0.2) is 35.1 Å². The van der Waals surface area contributed by atoms with Crippen molar-refractivity contribution in [2.75, 3.05) is 20.6 Å². The molecule has 0 unspecified atom stereocenters. The van der Waals surface area contributed by atoms with Gasteiger partial charge in [0.15, 0.2) is 0 Å². The van der Waals surface area contributed by atoms with Crippen LogP contribution in [0.5, 0.6) is 0 Å². The van der Waals surface area contributed by atoms with Crippen LogP contribution in [0.3, 0.4) is 0 Å². The van der Waals surface area contributed by atoms with E-state index in [-0.39, 0.29) is 5.41 Å². The van der Waals surface area contributed by atoms with Crippen LogP contribution in [0.2, 0.25) is 5.02 Å². The van der Waals surface area contributed by atoms with Crippen molar-refractivity contribution in [2.45, 2.75) is 26.3 Å². The third-order valence-electron chi connectivity index (χ3n) is 3.24. The maximum Gasteiger partial charge on any atom is 0.124 e. The molecular formula is C15H21Cl2N3. The molecule has 0 fully saturated rings. The summed E-state index contributed by atoms with van der Waals surface area (Å²) in [5.74, 6) is 1.31. The van der Waals surface area contributed by atoms with Gasteiger partial charge in [-0.1, -0.05) is 25.4 Å². The molecule has 1 aromatic heterocycles. The topological polar surface area (TPSA) is 21.1 Å². The predicted molar refractivity (Wildman–Crippen MR) is 86.6 cm³/mol. The molecule has 0 radical (unpaired) electrons. The Morgan fingerprint density at radius 2 is 2.00 bits per heavy atom. The molecule has 2 rings (SSSR count). The molecule has 0 saturated carbocycles. The van der Waals surface area contributed by atoms with Gasteiger partial charge in [0.05, 0.1) is 16.9 Å². The van der Waals surface area contributed by atoms with Gasteiger partial charge in [0.1, 0.15) is 5.82 Å². The Labute approximate surface area is 130 Å². The van der Waals surface area contributed by atoms with Crippen molar-refractivity contribution in [3.8, 4) is 0 Å². The number of halogens is 2. The number of aromatic nitrogens is 2. The largest absolute Gasteiger partial charge is 0.326 e. The standard InChI is InChI=1S/C15H21Cl2N3/c1-15(2,9-19(3)4)10-20-13-7-11(17)5-6-12(13)18-14(20)8-16/h5-7H,8-10H2,1-4H3. The summed E-state index contributed by atoms with van der Waals surface area (Å²) in [6.45, 7) is 6.36. The molecule has 0 spiro atoms. The number of nitrogens with zero attached hydrogens (tertiary/aromatic N) is 3. The quantitative estimate of drug-likeness (QED) is 0.777. The van der Waals surface area contributed by atoms with Gasteiger partial charge in [-0.2, -0.15) is 0 Å². The lowest BCUT2D eigenvalue weighted by Gasteiger charge is -2.29. The molecule has 0 aliphatic heterocycles. The minimum atomic E-state index is 0.125. The Balaban J connectivity index is 2.44. The molecule has 0 N–H and O–H groups in total. The van der Waals surface area contributed by atoms with Crippen LogP contribution in [0.15, 0.2) is 18.2 Å². The fourth-order valence-electron chi connectivity index (χ4n) is 2.76. The van der Waals surface area contributed by atoms with Gasteiger partial charge in [0.2, 0.25) is 0 Å². The summed E-state index contributed by atoms with van der Waals surface area (Å²) in [4.78, 5) is 6.80. The van der Waals surface area contributed by atoms with E-state index in [9.17, 15) is 0 Å². The highest BCUT2D eigenvalue weighted by molar-refractivity contribution is 6.31. The molecule has 0 amide bonds. The van der Waals surface area contributed by atoms with E-state index in [1.807, 2.05) is 18.2 Å². The first-order valence-corrected chi connectivity index (χ1v) is 7.59. The van der Waals surface area contributed by atoms with Crippen LogP contribution in [0.25, 0.3) is 11.0 Å². The summed E-state index contributed by atoms with van der Waals surface area (Å²) in [7, 11) is 4.18. The van der Waals surface area contributed by atoms with Crippen molar-refractivity contribution in [3.63, 3.8) is 0 Å². The summed E-state index contributed by atoms with van der Waals surface area (Å²) in [6, 6.07) is 5.78. The van der Waals surface area contributed by atoms with Crippen LogP contribution in [-0.2, 0) is 12.4 Å². The molecule has 1 heterocycles. The second-order valence-corrected chi connectivity index (χ2v) is 6.99. The Kier molecular flexibility index (Phi) is 4.62. The molecule has 0 bridgehead atoms. The number of hydrogen-bond donors (Lipinski definition) is 0. The molecule has 110 valence electrons.